The fourth-order valence-electron chi connectivity index (χ4n) is 2.72. The largest absolute Gasteiger partial charge is 0.294 e. The smallest absolute Gasteiger partial charge is 0.248 e. The molecule has 0 spiro atoms. The zero-order valence-electron chi connectivity index (χ0n) is 10.3. The molecule has 0 aliphatic heterocycles. The lowest BCUT2D eigenvalue weighted by Crippen LogP contribution is -2.16. The van der Waals surface area contributed by atoms with E-state index in [1.54, 1.807) is 24.5 Å². The minimum atomic E-state index is -2.69. The minimum absolute atomic E-state index is 0.184. The van der Waals surface area contributed by atoms with Crippen LogP contribution in [0, 0.1) is 5.92 Å². The Morgan fingerprint density at radius 3 is 2.89 bits per heavy atom. The predicted octanol–water partition coefficient (Wildman–Crippen LogP) is 3.85. The summed E-state index contributed by atoms with van der Waals surface area (Å²) in [5, 5.41) is 1.65. The van der Waals surface area contributed by atoms with Gasteiger partial charge in [-0.15, -0.1) is 0 Å². The number of carbonyl (C=O) groups excluding carboxylic acids is 1. The molecule has 0 radical (unpaired) electrons. The highest BCUT2D eigenvalue weighted by Gasteiger charge is 2.42. The van der Waals surface area contributed by atoms with Crippen molar-refractivity contribution >= 4 is 16.6 Å². The van der Waals surface area contributed by atoms with E-state index in [0.717, 1.165) is 10.8 Å². The second-order valence-electron chi connectivity index (χ2n) is 5.06. The van der Waals surface area contributed by atoms with Crippen LogP contribution in [0.3, 0.4) is 0 Å². The van der Waals surface area contributed by atoms with E-state index in [0.29, 0.717) is 5.56 Å². The SMILES string of the molecule is O=C(c1cccc2ccncc12)C1CCC(F)(F)C1. The molecule has 1 atom stereocenters. The van der Waals surface area contributed by atoms with Gasteiger partial charge in [-0.25, -0.2) is 8.78 Å². The maximum Gasteiger partial charge on any atom is 0.248 e. The summed E-state index contributed by atoms with van der Waals surface area (Å²) in [5.74, 6) is -3.44. The highest BCUT2D eigenvalue weighted by Crippen LogP contribution is 2.40. The number of fused-ring (bicyclic) bond motifs is 1. The van der Waals surface area contributed by atoms with Crippen LogP contribution >= 0.6 is 0 Å². The Morgan fingerprint density at radius 1 is 1.32 bits per heavy atom. The number of Topliss-reactive ketones (excluding diaryl/α,β-unsaturated/α-hetero) is 1. The van der Waals surface area contributed by atoms with E-state index in [2.05, 4.69) is 4.98 Å². The van der Waals surface area contributed by atoms with Gasteiger partial charge in [-0.1, -0.05) is 18.2 Å². The number of halogens is 2. The normalized spacial score (nSPS) is 21.7. The molecule has 3 rings (SSSR count). The quantitative estimate of drug-likeness (QED) is 0.768. The Hall–Kier alpha value is -1.84. The molecule has 19 heavy (non-hydrogen) atoms. The summed E-state index contributed by atoms with van der Waals surface area (Å²) in [6.07, 6.45) is 3.02. The van der Waals surface area contributed by atoms with Crippen LogP contribution in [-0.2, 0) is 0 Å². The van der Waals surface area contributed by atoms with Crippen molar-refractivity contribution in [1.29, 1.82) is 0 Å². The molecule has 0 N–H and O–H groups in total. The summed E-state index contributed by atoms with van der Waals surface area (Å²) in [4.78, 5) is 16.4. The molecule has 0 bridgehead atoms. The van der Waals surface area contributed by atoms with Gasteiger partial charge in [0.25, 0.3) is 0 Å². The molecule has 1 unspecified atom stereocenters. The first-order valence-corrected chi connectivity index (χ1v) is 6.32. The molecule has 2 nitrogen and oxygen atoms in total. The number of carbonyl (C=O) groups is 1. The zero-order valence-corrected chi connectivity index (χ0v) is 10.3. The van der Waals surface area contributed by atoms with E-state index in [9.17, 15) is 13.6 Å². The molecule has 1 aromatic heterocycles. The number of aromatic nitrogens is 1. The summed E-state index contributed by atoms with van der Waals surface area (Å²) < 4.78 is 26.4. The molecular formula is C15H13F2NO. The fraction of sp³-hybridized carbons (Fsp3) is 0.333. The van der Waals surface area contributed by atoms with E-state index in [4.69, 9.17) is 0 Å². The lowest BCUT2D eigenvalue weighted by molar-refractivity contribution is 0.00531. The van der Waals surface area contributed by atoms with Crippen LogP contribution in [0.2, 0.25) is 0 Å². The highest BCUT2D eigenvalue weighted by molar-refractivity contribution is 6.08. The first-order chi connectivity index (χ1) is 9.07. The molecule has 0 amide bonds. The second-order valence-corrected chi connectivity index (χ2v) is 5.06. The molecule has 1 heterocycles. The molecule has 1 aliphatic rings. The summed E-state index contributed by atoms with van der Waals surface area (Å²) in [5.41, 5.74) is 0.508. The predicted molar refractivity (Wildman–Crippen MR) is 68.4 cm³/mol. The van der Waals surface area contributed by atoms with Crippen molar-refractivity contribution in [1.82, 2.24) is 4.98 Å². The Balaban J connectivity index is 1.99. The molecule has 98 valence electrons. The summed E-state index contributed by atoms with van der Waals surface area (Å²) in [6.45, 7) is 0. The second kappa shape index (κ2) is 4.37. The van der Waals surface area contributed by atoms with Gasteiger partial charge in [-0.3, -0.25) is 9.78 Å². The van der Waals surface area contributed by atoms with Crippen LogP contribution in [0.1, 0.15) is 29.6 Å². The lowest BCUT2D eigenvalue weighted by atomic mass is 9.93. The van der Waals surface area contributed by atoms with Gasteiger partial charge in [0, 0.05) is 42.1 Å². The van der Waals surface area contributed by atoms with Gasteiger partial charge in [0.15, 0.2) is 5.78 Å². The number of hydrogen-bond acceptors (Lipinski definition) is 2. The van der Waals surface area contributed by atoms with Gasteiger partial charge < -0.3 is 0 Å². The van der Waals surface area contributed by atoms with Gasteiger partial charge >= 0.3 is 0 Å². The molecule has 1 fully saturated rings. The average molecular weight is 261 g/mol. The summed E-state index contributed by atoms with van der Waals surface area (Å²) in [7, 11) is 0. The Bertz CT molecular complexity index is 634. The topological polar surface area (TPSA) is 30.0 Å². The Morgan fingerprint density at radius 2 is 2.16 bits per heavy atom. The van der Waals surface area contributed by atoms with Crippen LogP contribution in [0.15, 0.2) is 36.7 Å². The van der Waals surface area contributed by atoms with Crippen molar-refractivity contribution in [2.75, 3.05) is 0 Å². The van der Waals surface area contributed by atoms with E-state index >= 15 is 0 Å². The van der Waals surface area contributed by atoms with Crippen molar-refractivity contribution in [3.05, 3.63) is 42.2 Å². The van der Waals surface area contributed by atoms with Gasteiger partial charge in [0.05, 0.1) is 0 Å². The van der Waals surface area contributed by atoms with Gasteiger partial charge in [0.2, 0.25) is 5.92 Å². The van der Waals surface area contributed by atoms with Crippen molar-refractivity contribution in [3.8, 4) is 0 Å². The number of hydrogen-bond donors (Lipinski definition) is 0. The third kappa shape index (κ3) is 2.23. The third-order valence-electron chi connectivity index (χ3n) is 3.72. The van der Waals surface area contributed by atoms with E-state index in [1.807, 2.05) is 12.1 Å². The lowest BCUT2D eigenvalue weighted by Gasteiger charge is -2.11. The molecule has 4 heteroatoms. The molecule has 0 saturated heterocycles. The highest BCUT2D eigenvalue weighted by atomic mass is 19.3. The first kappa shape index (κ1) is 12.2. The molecule has 1 aliphatic carbocycles. The van der Waals surface area contributed by atoms with Crippen LogP contribution in [0.25, 0.3) is 10.8 Å². The molecule has 2 aromatic rings. The van der Waals surface area contributed by atoms with Gasteiger partial charge in [-0.05, 0) is 17.9 Å². The number of pyridine rings is 1. The van der Waals surface area contributed by atoms with Gasteiger partial charge in [-0.2, -0.15) is 0 Å². The maximum atomic E-state index is 13.2. The van der Waals surface area contributed by atoms with Crippen LogP contribution in [-0.4, -0.2) is 16.7 Å². The van der Waals surface area contributed by atoms with E-state index in [1.165, 1.54) is 0 Å². The number of benzene rings is 1. The third-order valence-corrected chi connectivity index (χ3v) is 3.72. The van der Waals surface area contributed by atoms with Crippen molar-refractivity contribution < 1.29 is 13.6 Å². The van der Waals surface area contributed by atoms with Crippen LogP contribution in [0.5, 0.6) is 0 Å². The standard InChI is InChI=1S/C15H13F2NO/c16-15(17)6-4-11(8-15)14(19)12-3-1-2-10-5-7-18-9-13(10)12/h1-3,5,7,9,11H,4,6,8H2. The summed E-state index contributed by atoms with van der Waals surface area (Å²) in [6, 6.07) is 7.18. The number of ketones is 1. The Labute approximate surface area is 109 Å². The number of rotatable bonds is 2. The molecule has 1 aromatic carbocycles. The maximum absolute atomic E-state index is 13.2. The minimum Gasteiger partial charge on any atom is -0.294 e. The van der Waals surface area contributed by atoms with E-state index in [-0.39, 0.29) is 25.0 Å². The number of alkyl halides is 2. The van der Waals surface area contributed by atoms with Crippen molar-refractivity contribution in [2.45, 2.75) is 25.2 Å². The van der Waals surface area contributed by atoms with Gasteiger partial charge in [0.1, 0.15) is 0 Å². The average Bonchev–Trinajstić information content (AvgIpc) is 2.78. The van der Waals surface area contributed by atoms with Crippen molar-refractivity contribution in [3.63, 3.8) is 0 Å². The van der Waals surface area contributed by atoms with Crippen LogP contribution < -0.4 is 0 Å². The van der Waals surface area contributed by atoms with Crippen molar-refractivity contribution in [2.24, 2.45) is 5.92 Å². The van der Waals surface area contributed by atoms with Crippen LogP contribution in [0.4, 0.5) is 8.78 Å². The monoisotopic (exact) mass is 261 g/mol. The first-order valence-electron chi connectivity index (χ1n) is 6.32. The number of nitrogens with zero attached hydrogens (tertiary/aromatic N) is 1. The fourth-order valence-corrected chi connectivity index (χ4v) is 2.72. The summed E-state index contributed by atoms with van der Waals surface area (Å²) >= 11 is 0. The molecular weight excluding hydrogens is 248 g/mol. The van der Waals surface area contributed by atoms with E-state index < -0.39 is 11.8 Å². The molecule has 1 saturated carbocycles. The Kier molecular flexibility index (Phi) is 2.81. The zero-order chi connectivity index (χ0) is 13.5.